The molecule has 8 heteroatoms. The van der Waals surface area contributed by atoms with Crippen molar-refractivity contribution in [3.63, 3.8) is 0 Å². The van der Waals surface area contributed by atoms with Crippen LogP contribution in [0.4, 0.5) is 17.1 Å². The Bertz CT molecular complexity index is 914. The summed E-state index contributed by atoms with van der Waals surface area (Å²) in [5.74, 6) is -0.336. The Morgan fingerprint density at radius 1 is 1.26 bits per heavy atom. The number of rotatable bonds is 4. The number of aromatic hydroxyl groups is 1. The van der Waals surface area contributed by atoms with E-state index in [1.54, 1.807) is 24.3 Å². The van der Waals surface area contributed by atoms with E-state index < -0.39 is 4.92 Å². The molecule has 1 aliphatic rings. The summed E-state index contributed by atoms with van der Waals surface area (Å²) in [5.41, 5.74) is 1.16. The predicted molar refractivity (Wildman–Crippen MR) is 99.5 cm³/mol. The molecule has 2 aromatic carbocycles. The van der Waals surface area contributed by atoms with Crippen molar-refractivity contribution < 1.29 is 14.8 Å². The van der Waals surface area contributed by atoms with Crippen LogP contribution in [-0.4, -0.2) is 29.0 Å². The van der Waals surface area contributed by atoms with Crippen LogP contribution in [-0.2, 0) is 4.79 Å². The summed E-state index contributed by atoms with van der Waals surface area (Å²) in [6, 6.07) is 12.8. The number of carbonyl (C=O) groups excluding carboxylic acids is 1. The Morgan fingerprint density at radius 3 is 2.59 bits per heavy atom. The van der Waals surface area contributed by atoms with Gasteiger partial charge in [-0.3, -0.25) is 14.9 Å². The number of hydrogen-bond donors (Lipinski definition) is 2. The van der Waals surface area contributed by atoms with Crippen molar-refractivity contribution in [2.45, 2.75) is 12.8 Å². The first kappa shape index (κ1) is 18.2. The molecule has 1 amide bonds. The van der Waals surface area contributed by atoms with Crippen LogP contribution < -0.4 is 10.2 Å². The highest BCUT2D eigenvalue weighted by Gasteiger charge is 2.27. The number of hydrogen-bond acceptors (Lipinski definition) is 6. The third kappa shape index (κ3) is 3.98. The van der Waals surface area contributed by atoms with Gasteiger partial charge in [-0.1, -0.05) is 12.1 Å². The SMILES string of the molecule is N#Cc1cc([N+](=O)[O-])ccc1N1CCC(C(=O)Nc2ccccc2O)CC1. The summed E-state index contributed by atoms with van der Waals surface area (Å²) in [4.78, 5) is 24.7. The Balaban J connectivity index is 1.65. The molecule has 0 atom stereocenters. The molecule has 0 bridgehead atoms. The van der Waals surface area contributed by atoms with Crippen molar-refractivity contribution in [2.75, 3.05) is 23.3 Å². The van der Waals surface area contributed by atoms with Gasteiger partial charge in [0.05, 0.1) is 21.9 Å². The number of amides is 1. The quantitative estimate of drug-likeness (QED) is 0.487. The van der Waals surface area contributed by atoms with Gasteiger partial charge in [0.25, 0.3) is 5.69 Å². The monoisotopic (exact) mass is 366 g/mol. The number of carbonyl (C=O) groups is 1. The lowest BCUT2D eigenvalue weighted by Crippen LogP contribution is -2.38. The minimum Gasteiger partial charge on any atom is -0.506 e. The van der Waals surface area contributed by atoms with Gasteiger partial charge in [0, 0.05) is 31.1 Å². The largest absolute Gasteiger partial charge is 0.506 e. The molecule has 1 fully saturated rings. The van der Waals surface area contributed by atoms with Crippen molar-refractivity contribution in [1.82, 2.24) is 0 Å². The molecule has 2 aromatic rings. The minimum atomic E-state index is -0.528. The lowest BCUT2D eigenvalue weighted by molar-refractivity contribution is -0.384. The molecule has 3 rings (SSSR count). The normalized spacial score (nSPS) is 14.4. The van der Waals surface area contributed by atoms with Gasteiger partial charge < -0.3 is 15.3 Å². The second-order valence-electron chi connectivity index (χ2n) is 6.34. The molecule has 2 N–H and O–H groups in total. The van der Waals surface area contributed by atoms with Gasteiger partial charge in [-0.05, 0) is 31.0 Å². The number of nitro benzene ring substituents is 1. The van der Waals surface area contributed by atoms with Gasteiger partial charge in [-0.2, -0.15) is 5.26 Å². The van der Waals surface area contributed by atoms with Gasteiger partial charge in [-0.25, -0.2) is 0 Å². The fraction of sp³-hybridized carbons (Fsp3) is 0.263. The predicted octanol–water partition coefficient (Wildman–Crippen LogP) is 3.03. The van der Waals surface area contributed by atoms with Crippen molar-refractivity contribution >= 4 is 23.0 Å². The van der Waals surface area contributed by atoms with E-state index in [2.05, 4.69) is 5.32 Å². The molecule has 1 heterocycles. The van der Waals surface area contributed by atoms with Crippen molar-refractivity contribution in [3.8, 4) is 11.8 Å². The number of benzene rings is 2. The van der Waals surface area contributed by atoms with Crippen LogP contribution >= 0.6 is 0 Å². The smallest absolute Gasteiger partial charge is 0.270 e. The Labute approximate surface area is 155 Å². The molecule has 0 unspecified atom stereocenters. The van der Waals surface area contributed by atoms with E-state index in [0.717, 1.165) is 0 Å². The zero-order valence-corrected chi connectivity index (χ0v) is 14.5. The van der Waals surface area contributed by atoms with Crippen LogP contribution in [0, 0.1) is 27.4 Å². The van der Waals surface area contributed by atoms with Crippen LogP contribution in [0.3, 0.4) is 0 Å². The third-order valence-corrected chi connectivity index (χ3v) is 4.68. The zero-order chi connectivity index (χ0) is 19.4. The average molecular weight is 366 g/mol. The lowest BCUT2D eigenvalue weighted by atomic mass is 9.95. The number of non-ortho nitro benzene ring substituents is 1. The van der Waals surface area contributed by atoms with E-state index in [-0.39, 0.29) is 28.8 Å². The van der Waals surface area contributed by atoms with Gasteiger partial charge in [0.2, 0.25) is 5.91 Å². The highest BCUT2D eigenvalue weighted by molar-refractivity contribution is 5.94. The van der Waals surface area contributed by atoms with Crippen molar-refractivity contribution in [1.29, 1.82) is 5.26 Å². The van der Waals surface area contributed by atoms with Crippen molar-refractivity contribution in [2.24, 2.45) is 5.92 Å². The first-order valence-corrected chi connectivity index (χ1v) is 8.52. The van der Waals surface area contributed by atoms with E-state index in [1.807, 2.05) is 11.0 Å². The molecule has 1 saturated heterocycles. The number of anilines is 2. The molecule has 27 heavy (non-hydrogen) atoms. The summed E-state index contributed by atoms with van der Waals surface area (Å²) >= 11 is 0. The van der Waals surface area contributed by atoms with E-state index in [9.17, 15) is 25.3 Å². The molecular weight excluding hydrogens is 348 g/mol. The number of nitro groups is 1. The number of nitrogens with one attached hydrogen (secondary N) is 1. The van der Waals surface area contributed by atoms with E-state index in [1.165, 1.54) is 18.2 Å². The molecule has 138 valence electrons. The molecule has 0 spiro atoms. The molecule has 8 nitrogen and oxygen atoms in total. The van der Waals surface area contributed by atoms with Crippen LogP contribution in [0.15, 0.2) is 42.5 Å². The maximum absolute atomic E-state index is 12.4. The summed E-state index contributed by atoms with van der Waals surface area (Å²) in [6.45, 7) is 1.12. The number of nitrogens with zero attached hydrogens (tertiary/aromatic N) is 3. The van der Waals surface area contributed by atoms with Crippen LogP contribution in [0.25, 0.3) is 0 Å². The molecule has 0 saturated carbocycles. The highest BCUT2D eigenvalue weighted by Crippen LogP contribution is 2.30. The Morgan fingerprint density at radius 2 is 1.96 bits per heavy atom. The number of phenols is 1. The number of para-hydroxylation sites is 2. The van der Waals surface area contributed by atoms with Gasteiger partial charge in [-0.15, -0.1) is 0 Å². The van der Waals surface area contributed by atoms with Gasteiger partial charge in [0.15, 0.2) is 0 Å². The van der Waals surface area contributed by atoms with Crippen LogP contribution in [0.2, 0.25) is 0 Å². The molecular formula is C19H18N4O4. The molecule has 1 aliphatic heterocycles. The first-order valence-electron chi connectivity index (χ1n) is 8.52. The summed E-state index contributed by atoms with van der Waals surface area (Å²) in [5, 5.41) is 32.7. The first-order chi connectivity index (χ1) is 13.0. The molecule has 0 aliphatic carbocycles. The maximum Gasteiger partial charge on any atom is 0.270 e. The standard InChI is InChI=1S/C19H18N4O4/c20-12-14-11-15(23(26)27)5-6-17(14)22-9-7-13(8-10-22)19(25)21-16-3-1-2-4-18(16)24/h1-6,11,13,24H,7-10H2,(H,21,25). The second-order valence-corrected chi connectivity index (χ2v) is 6.34. The van der Waals surface area contributed by atoms with Crippen LogP contribution in [0.1, 0.15) is 18.4 Å². The maximum atomic E-state index is 12.4. The number of piperidine rings is 1. The topological polar surface area (TPSA) is 119 Å². The number of nitriles is 1. The minimum absolute atomic E-state index is 0.0211. The van der Waals surface area contributed by atoms with Crippen molar-refractivity contribution in [3.05, 3.63) is 58.1 Å². The molecule has 0 aromatic heterocycles. The zero-order valence-electron chi connectivity index (χ0n) is 14.5. The number of phenolic OH excluding ortho intramolecular Hbond substituents is 1. The van der Waals surface area contributed by atoms with E-state index in [4.69, 9.17) is 0 Å². The van der Waals surface area contributed by atoms with Gasteiger partial charge in [0.1, 0.15) is 11.8 Å². The summed E-state index contributed by atoms with van der Waals surface area (Å²) in [7, 11) is 0. The second kappa shape index (κ2) is 7.74. The lowest BCUT2D eigenvalue weighted by Gasteiger charge is -2.33. The fourth-order valence-electron chi connectivity index (χ4n) is 3.20. The average Bonchev–Trinajstić information content (AvgIpc) is 2.69. The van der Waals surface area contributed by atoms with Crippen LogP contribution in [0.5, 0.6) is 5.75 Å². The Kier molecular flexibility index (Phi) is 5.22. The van der Waals surface area contributed by atoms with E-state index >= 15 is 0 Å². The third-order valence-electron chi connectivity index (χ3n) is 4.68. The van der Waals surface area contributed by atoms with Gasteiger partial charge >= 0.3 is 0 Å². The highest BCUT2D eigenvalue weighted by atomic mass is 16.6. The molecule has 0 radical (unpaired) electrons. The van der Waals surface area contributed by atoms with E-state index in [0.29, 0.717) is 37.3 Å². The fourth-order valence-corrected chi connectivity index (χ4v) is 3.20. The Hall–Kier alpha value is -3.60. The summed E-state index contributed by atoms with van der Waals surface area (Å²) < 4.78 is 0. The summed E-state index contributed by atoms with van der Waals surface area (Å²) in [6.07, 6.45) is 1.17.